The predicted molar refractivity (Wildman–Crippen MR) is 81.9 cm³/mol. The summed E-state index contributed by atoms with van der Waals surface area (Å²) in [6.45, 7) is 2.94. The van der Waals surface area contributed by atoms with Crippen LogP contribution >= 0.6 is 11.6 Å². The number of carbonyl (C=O) groups excluding carboxylic acids is 2. The Balaban J connectivity index is 2.33. The van der Waals surface area contributed by atoms with Gasteiger partial charge in [0.1, 0.15) is 23.8 Å². The van der Waals surface area contributed by atoms with Crippen LogP contribution in [-0.2, 0) is 14.3 Å². The average molecular weight is 338 g/mol. The molecule has 0 radical (unpaired) electrons. The van der Waals surface area contributed by atoms with Gasteiger partial charge in [-0.25, -0.2) is 9.67 Å². The number of aromatic nitrogens is 3. The molecule has 0 saturated heterocycles. The molecular weight excluding hydrogens is 322 g/mol. The Morgan fingerprint density at radius 1 is 1.26 bits per heavy atom. The zero-order valence-corrected chi connectivity index (χ0v) is 13.6. The minimum Gasteiger partial charge on any atom is -0.468 e. The van der Waals surface area contributed by atoms with E-state index in [9.17, 15) is 9.59 Å². The van der Waals surface area contributed by atoms with Gasteiger partial charge in [0, 0.05) is 5.02 Å². The lowest BCUT2D eigenvalue weighted by Crippen LogP contribution is -2.41. The minimum absolute atomic E-state index is 0.406. The highest BCUT2D eigenvalue weighted by atomic mass is 35.5. The summed E-state index contributed by atoms with van der Waals surface area (Å²) in [7, 11) is 1.22. The highest BCUT2D eigenvalue weighted by molar-refractivity contribution is 6.30. The van der Waals surface area contributed by atoms with Gasteiger partial charge in [-0.15, -0.1) is 0 Å². The molecule has 0 spiro atoms. The zero-order valence-electron chi connectivity index (χ0n) is 12.9. The fraction of sp³-hybridized carbons (Fsp3) is 0.333. The Hall–Kier alpha value is -2.41. The van der Waals surface area contributed by atoms with E-state index in [2.05, 4.69) is 10.1 Å². The van der Waals surface area contributed by atoms with Gasteiger partial charge in [0.25, 0.3) is 6.23 Å². The van der Waals surface area contributed by atoms with Gasteiger partial charge in [-0.2, -0.15) is 5.10 Å². The van der Waals surface area contributed by atoms with Crippen LogP contribution in [0.15, 0.2) is 36.9 Å². The highest BCUT2D eigenvalue weighted by Gasteiger charge is 2.43. The number of hydrogen-bond acceptors (Lipinski definition) is 6. The Morgan fingerprint density at radius 3 is 2.43 bits per heavy atom. The van der Waals surface area contributed by atoms with Crippen molar-refractivity contribution >= 4 is 23.4 Å². The number of benzene rings is 1. The molecule has 1 aromatic heterocycles. The second-order valence-corrected chi connectivity index (χ2v) is 5.72. The fourth-order valence-corrected chi connectivity index (χ4v) is 2.00. The molecular formula is C15H16ClN3O4. The lowest BCUT2D eigenvalue weighted by molar-refractivity contribution is -0.160. The van der Waals surface area contributed by atoms with E-state index >= 15 is 0 Å². The number of carbonyl (C=O) groups is 2. The van der Waals surface area contributed by atoms with Crippen LogP contribution in [0.3, 0.4) is 0 Å². The Kier molecular flexibility index (Phi) is 5.00. The Labute approximate surface area is 138 Å². The number of hydrogen-bond donors (Lipinski definition) is 0. The summed E-state index contributed by atoms with van der Waals surface area (Å²) in [5, 5.41) is 4.47. The number of methoxy groups -OCH3 is 1. The number of nitrogens with zero attached hydrogens (tertiary/aromatic N) is 3. The van der Waals surface area contributed by atoms with Gasteiger partial charge in [-0.1, -0.05) is 11.6 Å². The minimum atomic E-state index is -1.40. The summed E-state index contributed by atoms with van der Waals surface area (Å²) < 4.78 is 11.6. The SMILES string of the molecule is COC(=O)C(C)(C)C(=O)C(Oc1ccc(Cl)cc1)n1cncn1. The van der Waals surface area contributed by atoms with Crippen molar-refractivity contribution in [2.45, 2.75) is 20.1 Å². The van der Waals surface area contributed by atoms with Crippen molar-refractivity contribution in [3.63, 3.8) is 0 Å². The van der Waals surface area contributed by atoms with Crippen LogP contribution in [0, 0.1) is 5.41 Å². The number of esters is 1. The molecule has 23 heavy (non-hydrogen) atoms. The van der Waals surface area contributed by atoms with Crippen molar-refractivity contribution in [3.8, 4) is 5.75 Å². The molecule has 0 amide bonds. The topological polar surface area (TPSA) is 83.3 Å². The van der Waals surface area contributed by atoms with Crippen LogP contribution < -0.4 is 4.74 Å². The third-order valence-electron chi connectivity index (χ3n) is 3.27. The van der Waals surface area contributed by atoms with Crippen LogP contribution in [-0.4, -0.2) is 33.6 Å². The van der Waals surface area contributed by atoms with Gasteiger partial charge in [-0.3, -0.25) is 9.59 Å². The molecule has 7 nitrogen and oxygen atoms in total. The monoisotopic (exact) mass is 337 g/mol. The number of ether oxygens (including phenoxy) is 2. The van der Waals surface area contributed by atoms with E-state index in [0.29, 0.717) is 10.8 Å². The molecule has 0 aliphatic rings. The standard InChI is InChI=1S/C15H16ClN3O4/c1-15(2,14(21)22-3)12(20)13(19-9-17-8-18-19)23-11-6-4-10(16)5-7-11/h4-9,13H,1-3H3. The maximum absolute atomic E-state index is 12.8. The highest BCUT2D eigenvalue weighted by Crippen LogP contribution is 2.28. The molecule has 1 heterocycles. The van der Waals surface area contributed by atoms with E-state index < -0.39 is 23.4 Å². The quantitative estimate of drug-likeness (QED) is 0.594. The van der Waals surface area contributed by atoms with E-state index in [1.54, 1.807) is 24.3 Å². The van der Waals surface area contributed by atoms with E-state index in [1.807, 2.05) is 0 Å². The molecule has 2 rings (SSSR count). The number of halogens is 1. The van der Waals surface area contributed by atoms with Crippen molar-refractivity contribution in [3.05, 3.63) is 41.9 Å². The van der Waals surface area contributed by atoms with E-state index in [-0.39, 0.29) is 0 Å². The first-order valence-electron chi connectivity index (χ1n) is 6.75. The molecule has 8 heteroatoms. The molecule has 1 atom stereocenters. The second kappa shape index (κ2) is 6.78. The molecule has 1 aromatic carbocycles. The van der Waals surface area contributed by atoms with Gasteiger partial charge in [-0.05, 0) is 38.1 Å². The van der Waals surface area contributed by atoms with Gasteiger partial charge >= 0.3 is 5.97 Å². The first kappa shape index (κ1) is 17.0. The van der Waals surface area contributed by atoms with Crippen LogP contribution in [0.1, 0.15) is 20.1 Å². The first-order chi connectivity index (χ1) is 10.9. The normalized spacial score (nSPS) is 12.5. The van der Waals surface area contributed by atoms with Crippen molar-refractivity contribution in [2.24, 2.45) is 5.41 Å². The van der Waals surface area contributed by atoms with E-state index in [0.717, 1.165) is 0 Å². The second-order valence-electron chi connectivity index (χ2n) is 5.28. The predicted octanol–water partition coefficient (Wildman–Crippen LogP) is 2.28. The summed E-state index contributed by atoms with van der Waals surface area (Å²) >= 11 is 5.83. The number of Topliss-reactive ketones (excluding diaryl/α,β-unsaturated/α-hetero) is 1. The van der Waals surface area contributed by atoms with Crippen molar-refractivity contribution in [1.82, 2.24) is 14.8 Å². The van der Waals surface area contributed by atoms with Crippen molar-refractivity contribution in [2.75, 3.05) is 7.11 Å². The third kappa shape index (κ3) is 3.68. The van der Waals surface area contributed by atoms with Crippen molar-refractivity contribution in [1.29, 1.82) is 0 Å². The smallest absolute Gasteiger partial charge is 0.319 e. The van der Waals surface area contributed by atoms with Crippen LogP contribution in [0.4, 0.5) is 0 Å². The van der Waals surface area contributed by atoms with Crippen LogP contribution in [0.25, 0.3) is 0 Å². The summed E-state index contributed by atoms with van der Waals surface area (Å²) in [5.41, 5.74) is -1.40. The molecule has 122 valence electrons. The summed E-state index contributed by atoms with van der Waals surface area (Å²) in [4.78, 5) is 28.5. The fourth-order valence-electron chi connectivity index (χ4n) is 1.87. The summed E-state index contributed by atoms with van der Waals surface area (Å²) in [6.07, 6.45) is 1.45. The van der Waals surface area contributed by atoms with Crippen molar-refractivity contribution < 1.29 is 19.1 Å². The summed E-state index contributed by atoms with van der Waals surface area (Å²) in [5.74, 6) is -0.763. The summed E-state index contributed by atoms with van der Waals surface area (Å²) in [6, 6.07) is 6.49. The van der Waals surface area contributed by atoms with E-state index in [1.165, 1.54) is 38.3 Å². The number of rotatable bonds is 6. The Morgan fingerprint density at radius 2 is 1.91 bits per heavy atom. The molecule has 2 aromatic rings. The molecule has 0 fully saturated rings. The third-order valence-corrected chi connectivity index (χ3v) is 3.53. The van der Waals surface area contributed by atoms with E-state index in [4.69, 9.17) is 21.1 Å². The molecule has 0 aliphatic carbocycles. The zero-order chi connectivity index (χ0) is 17.0. The largest absolute Gasteiger partial charge is 0.468 e. The first-order valence-corrected chi connectivity index (χ1v) is 7.13. The van der Waals surface area contributed by atoms with Gasteiger partial charge in [0.05, 0.1) is 7.11 Å². The molecule has 1 unspecified atom stereocenters. The molecule has 0 N–H and O–H groups in total. The maximum Gasteiger partial charge on any atom is 0.319 e. The molecule has 0 saturated carbocycles. The van der Waals surface area contributed by atoms with Crippen LogP contribution in [0.5, 0.6) is 5.75 Å². The lowest BCUT2D eigenvalue weighted by atomic mass is 9.87. The molecule has 0 bridgehead atoms. The number of ketones is 1. The maximum atomic E-state index is 12.8. The average Bonchev–Trinajstić information content (AvgIpc) is 3.07. The van der Waals surface area contributed by atoms with Gasteiger partial charge < -0.3 is 9.47 Å². The lowest BCUT2D eigenvalue weighted by Gasteiger charge is -2.26. The van der Waals surface area contributed by atoms with Gasteiger partial charge in [0.15, 0.2) is 0 Å². The van der Waals surface area contributed by atoms with Crippen LogP contribution in [0.2, 0.25) is 5.02 Å². The molecule has 0 aliphatic heterocycles. The van der Waals surface area contributed by atoms with Gasteiger partial charge in [0.2, 0.25) is 5.78 Å². The Bertz CT molecular complexity index is 683.